The second-order valence-electron chi connectivity index (χ2n) is 5.22. The first-order chi connectivity index (χ1) is 12.5. The monoisotopic (exact) mass is 360 g/mol. The molecule has 0 aliphatic heterocycles. The number of urea groups is 1. The number of anilines is 1. The lowest BCUT2D eigenvalue weighted by Gasteiger charge is -2.15. The molecular formula is C18H20N2O6. The van der Waals surface area contributed by atoms with Gasteiger partial charge in [0.2, 0.25) is 5.75 Å². The van der Waals surface area contributed by atoms with Gasteiger partial charge in [-0.1, -0.05) is 12.1 Å². The zero-order chi connectivity index (χ0) is 19.1. The Morgan fingerprint density at radius 2 is 1.54 bits per heavy atom. The van der Waals surface area contributed by atoms with Crippen molar-refractivity contribution in [2.24, 2.45) is 0 Å². The van der Waals surface area contributed by atoms with E-state index >= 15 is 0 Å². The number of carbonyl (C=O) groups excluding carboxylic acids is 1. The Bertz CT molecular complexity index is 764. The van der Waals surface area contributed by atoms with Gasteiger partial charge in [-0.3, -0.25) is 0 Å². The van der Waals surface area contributed by atoms with E-state index in [1.165, 1.54) is 33.5 Å². The van der Waals surface area contributed by atoms with E-state index in [0.717, 1.165) is 5.56 Å². The largest absolute Gasteiger partial charge is 0.493 e. The average molecular weight is 360 g/mol. The molecule has 138 valence electrons. The minimum Gasteiger partial charge on any atom is -0.493 e. The maximum Gasteiger partial charge on any atom is 0.335 e. The Kier molecular flexibility index (Phi) is 6.26. The van der Waals surface area contributed by atoms with Crippen LogP contribution < -0.4 is 24.8 Å². The molecule has 0 fully saturated rings. The summed E-state index contributed by atoms with van der Waals surface area (Å²) in [7, 11) is 4.47. The van der Waals surface area contributed by atoms with Gasteiger partial charge in [0.25, 0.3) is 0 Å². The highest BCUT2D eigenvalue weighted by atomic mass is 16.5. The molecule has 3 N–H and O–H groups in total. The second kappa shape index (κ2) is 8.61. The number of nitrogens with one attached hydrogen (secondary N) is 2. The van der Waals surface area contributed by atoms with Crippen LogP contribution in [-0.2, 0) is 6.54 Å². The molecular weight excluding hydrogens is 340 g/mol. The van der Waals surface area contributed by atoms with Crippen LogP contribution in [0.1, 0.15) is 15.9 Å². The van der Waals surface area contributed by atoms with E-state index in [-0.39, 0.29) is 12.1 Å². The van der Waals surface area contributed by atoms with Crippen LogP contribution in [-0.4, -0.2) is 38.4 Å². The maximum absolute atomic E-state index is 12.1. The summed E-state index contributed by atoms with van der Waals surface area (Å²) in [4.78, 5) is 22.9. The molecule has 0 aliphatic rings. The molecule has 2 aromatic rings. The van der Waals surface area contributed by atoms with E-state index in [0.29, 0.717) is 22.9 Å². The molecule has 2 rings (SSSR count). The molecule has 0 saturated carbocycles. The van der Waals surface area contributed by atoms with Crippen molar-refractivity contribution >= 4 is 17.7 Å². The van der Waals surface area contributed by atoms with Crippen LogP contribution >= 0.6 is 0 Å². The third-order valence-corrected chi connectivity index (χ3v) is 3.58. The van der Waals surface area contributed by atoms with Gasteiger partial charge < -0.3 is 30.0 Å². The van der Waals surface area contributed by atoms with Crippen LogP contribution in [0.2, 0.25) is 0 Å². The summed E-state index contributed by atoms with van der Waals surface area (Å²) in [6.07, 6.45) is 0. The number of aromatic carboxylic acids is 1. The van der Waals surface area contributed by atoms with Crippen molar-refractivity contribution < 1.29 is 28.9 Å². The Labute approximate surface area is 150 Å². The molecule has 8 nitrogen and oxygen atoms in total. The van der Waals surface area contributed by atoms with Crippen molar-refractivity contribution in [2.75, 3.05) is 26.6 Å². The van der Waals surface area contributed by atoms with Crippen LogP contribution in [0.5, 0.6) is 17.2 Å². The molecule has 0 atom stereocenters. The number of hydrogen-bond donors (Lipinski definition) is 3. The topological polar surface area (TPSA) is 106 Å². The lowest BCUT2D eigenvalue weighted by atomic mass is 10.1. The predicted molar refractivity (Wildman–Crippen MR) is 95.4 cm³/mol. The summed E-state index contributed by atoms with van der Waals surface area (Å²) < 4.78 is 15.7. The van der Waals surface area contributed by atoms with Crippen molar-refractivity contribution in [3.63, 3.8) is 0 Å². The molecule has 0 unspecified atom stereocenters. The number of methoxy groups -OCH3 is 3. The van der Waals surface area contributed by atoms with Crippen LogP contribution in [0, 0.1) is 0 Å². The third-order valence-electron chi connectivity index (χ3n) is 3.58. The molecule has 0 saturated heterocycles. The third kappa shape index (κ3) is 4.56. The van der Waals surface area contributed by atoms with E-state index < -0.39 is 12.0 Å². The van der Waals surface area contributed by atoms with Crippen LogP contribution in [0.25, 0.3) is 0 Å². The molecule has 8 heteroatoms. The van der Waals surface area contributed by atoms with E-state index in [1.54, 1.807) is 24.3 Å². The fourth-order valence-electron chi connectivity index (χ4n) is 2.28. The lowest BCUT2D eigenvalue weighted by Crippen LogP contribution is -2.28. The minimum atomic E-state index is -0.996. The van der Waals surface area contributed by atoms with Crippen LogP contribution in [0.15, 0.2) is 36.4 Å². The maximum atomic E-state index is 12.1. The molecule has 0 aromatic heterocycles. The SMILES string of the molecule is COc1cc(NC(=O)NCc2ccc(C(=O)O)cc2)cc(OC)c1OC. The summed E-state index contributed by atoms with van der Waals surface area (Å²) in [6, 6.07) is 9.05. The Morgan fingerprint density at radius 3 is 2.00 bits per heavy atom. The van der Waals surface area contributed by atoms with E-state index in [4.69, 9.17) is 19.3 Å². The molecule has 0 heterocycles. The number of rotatable bonds is 7. The van der Waals surface area contributed by atoms with Gasteiger partial charge in [0.1, 0.15) is 0 Å². The molecule has 0 bridgehead atoms. The summed E-state index contributed by atoms with van der Waals surface area (Å²) >= 11 is 0. The standard InChI is InChI=1S/C18H20N2O6/c1-24-14-8-13(9-15(25-2)16(14)26-3)20-18(23)19-10-11-4-6-12(7-5-11)17(21)22/h4-9H,10H2,1-3H3,(H,21,22)(H2,19,20,23). The fourth-order valence-corrected chi connectivity index (χ4v) is 2.28. The first kappa shape index (κ1) is 18.9. The summed E-state index contributed by atoms with van der Waals surface area (Å²) in [5.74, 6) is 0.280. The van der Waals surface area contributed by atoms with Crippen molar-refractivity contribution in [1.29, 1.82) is 0 Å². The first-order valence-corrected chi connectivity index (χ1v) is 7.65. The van der Waals surface area contributed by atoms with E-state index in [9.17, 15) is 9.59 Å². The van der Waals surface area contributed by atoms with Crippen molar-refractivity contribution in [3.8, 4) is 17.2 Å². The Morgan fingerprint density at radius 1 is 0.962 bits per heavy atom. The van der Waals surface area contributed by atoms with Gasteiger partial charge in [0.05, 0.1) is 32.6 Å². The summed E-state index contributed by atoms with van der Waals surface area (Å²) in [6.45, 7) is 0.246. The molecule has 0 spiro atoms. The lowest BCUT2D eigenvalue weighted by molar-refractivity contribution is 0.0697. The number of carbonyl (C=O) groups is 2. The smallest absolute Gasteiger partial charge is 0.335 e. The number of carboxylic acid groups (broad SMARTS) is 1. The molecule has 2 amide bonds. The van der Waals surface area contributed by atoms with Crippen LogP contribution in [0.3, 0.4) is 0 Å². The zero-order valence-electron chi connectivity index (χ0n) is 14.7. The molecule has 0 radical (unpaired) electrons. The van der Waals surface area contributed by atoms with Gasteiger partial charge in [0.15, 0.2) is 11.5 Å². The van der Waals surface area contributed by atoms with Crippen molar-refractivity contribution in [2.45, 2.75) is 6.54 Å². The van der Waals surface area contributed by atoms with Crippen LogP contribution in [0.4, 0.5) is 10.5 Å². The highest BCUT2D eigenvalue weighted by Crippen LogP contribution is 2.39. The van der Waals surface area contributed by atoms with Gasteiger partial charge in [-0.05, 0) is 17.7 Å². The highest BCUT2D eigenvalue weighted by molar-refractivity contribution is 5.90. The molecule has 2 aromatic carbocycles. The normalized spacial score (nSPS) is 9.96. The Hall–Kier alpha value is -3.42. The predicted octanol–water partition coefficient (Wildman–Crippen LogP) is 2.73. The fraction of sp³-hybridized carbons (Fsp3) is 0.222. The highest BCUT2D eigenvalue weighted by Gasteiger charge is 2.14. The molecule has 26 heavy (non-hydrogen) atoms. The van der Waals surface area contributed by atoms with E-state index in [1.807, 2.05) is 0 Å². The number of carboxylic acids is 1. The summed E-state index contributed by atoms with van der Waals surface area (Å²) in [5.41, 5.74) is 1.43. The van der Waals surface area contributed by atoms with Crippen molar-refractivity contribution in [3.05, 3.63) is 47.5 Å². The number of hydrogen-bond acceptors (Lipinski definition) is 5. The van der Waals surface area contributed by atoms with Gasteiger partial charge in [-0.15, -0.1) is 0 Å². The average Bonchev–Trinajstić information content (AvgIpc) is 2.65. The quantitative estimate of drug-likeness (QED) is 0.701. The van der Waals surface area contributed by atoms with Gasteiger partial charge >= 0.3 is 12.0 Å². The van der Waals surface area contributed by atoms with Crippen molar-refractivity contribution in [1.82, 2.24) is 5.32 Å². The molecule has 0 aliphatic carbocycles. The van der Waals surface area contributed by atoms with Gasteiger partial charge in [-0.25, -0.2) is 9.59 Å². The second-order valence-corrected chi connectivity index (χ2v) is 5.22. The number of ether oxygens (including phenoxy) is 3. The number of benzene rings is 2. The number of amides is 2. The summed E-state index contributed by atoms with van der Waals surface area (Å²) in [5, 5.41) is 14.2. The van der Waals surface area contributed by atoms with Gasteiger partial charge in [-0.2, -0.15) is 0 Å². The van der Waals surface area contributed by atoms with Gasteiger partial charge in [0, 0.05) is 18.7 Å². The van der Waals surface area contributed by atoms with E-state index in [2.05, 4.69) is 10.6 Å². The zero-order valence-corrected chi connectivity index (χ0v) is 14.7. The first-order valence-electron chi connectivity index (χ1n) is 7.65. The minimum absolute atomic E-state index is 0.190. The Balaban J connectivity index is 2.02.